The summed E-state index contributed by atoms with van der Waals surface area (Å²) in [6, 6.07) is 4.68. The quantitative estimate of drug-likeness (QED) is 0.264. The molecule has 0 saturated carbocycles. The number of rotatable bonds is 11. The summed E-state index contributed by atoms with van der Waals surface area (Å²) in [5, 5.41) is 19.3. The van der Waals surface area contributed by atoms with E-state index < -0.39 is 11.9 Å². The Bertz CT molecular complexity index is 504. The maximum atomic E-state index is 10.8. The highest BCUT2D eigenvalue weighted by atomic mass is 16.7. The number of phenolic OH excluding ortho intramolecular Hbond substituents is 1. The van der Waals surface area contributed by atoms with E-state index in [1.807, 2.05) is 6.92 Å². The van der Waals surface area contributed by atoms with Crippen molar-refractivity contribution in [3.05, 3.63) is 23.8 Å². The van der Waals surface area contributed by atoms with Gasteiger partial charge in [0.25, 0.3) is 0 Å². The van der Waals surface area contributed by atoms with E-state index in [0.717, 1.165) is 25.7 Å². The largest absolute Gasteiger partial charge is 0.511 e. The van der Waals surface area contributed by atoms with Gasteiger partial charge in [-0.2, -0.15) is 0 Å². The molecule has 0 spiro atoms. The van der Waals surface area contributed by atoms with Crippen LogP contribution in [0.2, 0.25) is 0 Å². The maximum Gasteiger partial charge on any atom is 0.511 e. The third-order valence-corrected chi connectivity index (χ3v) is 3.74. The molecule has 0 aliphatic carbocycles. The van der Waals surface area contributed by atoms with E-state index in [4.69, 9.17) is 14.6 Å². The number of ether oxygens (including phenoxy) is 3. The van der Waals surface area contributed by atoms with Crippen LogP contribution in [0.4, 0.5) is 4.79 Å². The highest BCUT2D eigenvalue weighted by Crippen LogP contribution is 2.41. The molecule has 0 aliphatic rings. The van der Waals surface area contributed by atoms with Crippen LogP contribution in [0.5, 0.6) is 11.5 Å². The van der Waals surface area contributed by atoms with Gasteiger partial charge < -0.3 is 24.4 Å². The first-order chi connectivity index (χ1) is 11.5. The van der Waals surface area contributed by atoms with Gasteiger partial charge in [-0.05, 0) is 25.0 Å². The first kappa shape index (κ1) is 20.3. The zero-order chi connectivity index (χ0) is 18.0. The summed E-state index contributed by atoms with van der Waals surface area (Å²) >= 11 is 0. The minimum atomic E-state index is -1.48. The van der Waals surface area contributed by atoms with E-state index in [1.54, 1.807) is 12.1 Å². The average molecular weight is 340 g/mol. The first-order valence-electron chi connectivity index (χ1n) is 8.51. The Morgan fingerprint density at radius 1 is 1.08 bits per heavy atom. The zero-order valence-corrected chi connectivity index (χ0v) is 14.7. The van der Waals surface area contributed by atoms with E-state index in [0.29, 0.717) is 25.2 Å². The SMILES string of the molecule is CCCCOC(CC)(OCCCC)c1cccc(OC(=O)O)c1O. The molecule has 24 heavy (non-hydrogen) atoms. The smallest absolute Gasteiger partial charge is 0.504 e. The summed E-state index contributed by atoms with van der Waals surface area (Å²) in [4.78, 5) is 10.8. The molecule has 0 heterocycles. The molecule has 1 aromatic carbocycles. The van der Waals surface area contributed by atoms with Crippen LogP contribution in [-0.4, -0.2) is 29.6 Å². The lowest BCUT2D eigenvalue weighted by molar-refractivity contribution is -0.250. The molecule has 0 unspecified atom stereocenters. The molecule has 0 saturated heterocycles. The van der Waals surface area contributed by atoms with Gasteiger partial charge in [0, 0.05) is 6.42 Å². The summed E-state index contributed by atoms with van der Waals surface area (Å²) in [7, 11) is 0. The van der Waals surface area contributed by atoms with Gasteiger partial charge in [0.15, 0.2) is 17.3 Å². The first-order valence-corrected chi connectivity index (χ1v) is 8.51. The van der Waals surface area contributed by atoms with Crippen molar-refractivity contribution in [3.63, 3.8) is 0 Å². The average Bonchev–Trinajstić information content (AvgIpc) is 2.55. The van der Waals surface area contributed by atoms with Gasteiger partial charge in [-0.25, -0.2) is 4.79 Å². The van der Waals surface area contributed by atoms with E-state index in [9.17, 15) is 9.90 Å². The van der Waals surface area contributed by atoms with Gasteiger partial charge in [-0.15, -0.1) is 0 Å². The maximum absolute atomic E-state index is 10.8. The molecule has 136 valence electrons. The summed E-state index contributed by atoms with van der Waals surface area (Å²) in [5.74, 6) is -1.52. The van der Waals surface area contributed by atoms with Gasteiger partial charge in [-0.3, -0.25) is 0 Å². The van der Waals surface area contributed by atoms with Gasteiger partial charge in [0.2, 0.25) is 0 Å². The van der Waals surface area contributed by atoms with Gasteiger partial charge >= 0.3 is 6.16 Å². The highest BCUT2D eigenvalue weighted by Gasteiger charge is 2.36. The predicted molar refractivity (Wildman–Crippen MR) is 90.4 cm³/mol. The molecule has 6 heteroatoms. The van der Waals surface area contributed by atoms with Crippen molar-refractivity contribution in [2.75, 3.05) is 13.2 Å². The third kappa shape index (κ3) is 5.39. The molecule has 0 aromatic heterocycles. The van der Waals surface area contributed by atoms with Crippen LogP contribution in [0.3, 0.4) is 0 Å². The Morgan fingerprint density at radius 2 is 1.67 bits per heavy atom. The van der Waals surface area contributed by atoms with E-state index in [2.05, 4.69) is 18.6 Å². The Hall–Kier alpha value is -1.79. The standard InChI is InChI=1S/C18H28O6/c1-4-7-12-22-18(6-3,23-13-8-5-2)14-10-9-11-15(16(14)19)24-17(20)21/h9-11,19H,4-8,12-13H2,1-3H3,(H,20,21). The molecule has 0 radical (unpaired) electrons. The normalized spacial score (nSPS) is 11.5. The third-order valence-electron chi connectivity index (χ3n) is 3.74. The minimum absolute atomic E-state index is 0.129. The second-order valence-electron chi connectivity index (χ2n) is 5.53. The van der Waals surface area contributed by atoms with Crippen molar-refractivity contribution in [3.8, 4) is 11.5 Å². The number of phenols is 1. The Morgan fingerprint density at radius 3 is 2.12 bits per heavy atom. The van der Waals surface area contributed by atoms with E-state index in [-0.39, 0.29) is 11.5 Å². The summed E-state index contributed by atoms with van der Waals surface area (Å²) in [6.45, 7) is 7.00. The molecule has 1 rings (SSSR count). The summed E-state index contributed by atoms with van der Waals surface area (Å²) in [5.41, 5.74) is 0.385. The molecule has 6 nitrogen and oxygen atoms in total. The number of hydrogen-bond donors (Lipinski definition) is 2. The van der Waals surface area contributed by atoms with Crippen LogP contribution in [0.15, 0.2) is 18.2 Å². The van der Waals surface area contributed by atoms with Crippen molar-refractivity contribution in [2.24, 2.45) is 0 Å². The van der Waals surface area contributed by atoms with Crippen molar-refractivity contribution in [2.45, 2.75) is 58.7 Å². The second-order valence-corrected chi connectivity index (χ2v) is 5.53. The molecular weight excluding hydrogens is 312 g/mol. The van der Waals surface area contributed by atoms with Crippen LogP contribution in [0, 0.1) is 0 Å². The number of carboxylic acid groups (broad SMARTS) is 1. The molecule has 2 N–H and O–H groups in total. The Kier molecular flexibility index (Phi) is 8.57. The van der Waals surface area contributed by atoms with Crippen molar-refractivity contribution in [1.29, 1.82) is 0 Å². The lowest BCUT2D eigenvalue weighted by Crippen LogP contribution is -2.33. The molecule has 1 aromatic rings. The van der Waals surface area contributed by atoms with Gasteiger partial charge in [0.1, 0.15) is 0 Å². The van der Waals surface area contributed by atoms with E-state index in [1.165, 1.54) is 6.07 Å². The second kappa shape index (κ2) is 10.2. The van der Waals surface area contributed by atoms with Gasteiger partial charge in [-0.1, -0.05) is 39.7 Å². The lowest BCUT2D eigenvalue weighted by Gasteiger charge is -2.34. The molecule has 0 aliphatic heterocycles. The molecule has 0 bridgehead atoms. The van der Waals surface area contributed by atoms with Crippen LogP contribution in [-0.2, 0) is 15.3 Å². The monoisotopic (exact) mass is 340 g/mol. The Labute approximate surface area is 143 Å². The fourth-order valence-corrected chi connectivity index (χ4v) is 2.36. The van der Waals surface area contributed by atoms with Crippen LogP contribution < -0.4 is 4.74 Å². The Balaban J connectivity index is 3.17. The topological polar surface area (TPSA) is 85.2 Å². The van der Waals surface area contributed by atoms with Crippen LogP contribution in [0.25, 0.3) is 0 Å². The highest BCUT2D eigenvalue weighted by molar-refractivity contribution is 5.63. The minimum Gasteiger partial charge on any atom is -0.504 e. The van der Waals surface area contributed by atoms with Gasteiger partial charge in [0.05, 0.1) is 18.8 Å². The molecule has 0 amide bonds. The summed E-state index contributed by atoms with van der Waals surface area (Å²) < 4.78 is 16.6. The van der Waals surface area contributed by atoms with Crippen LogP contribution >= 0.6 is 0 Å². The lowest BCUT2D eigenvalue weighted by atomic mass is 10.0. The summed E-state index contributed by atoms with van der Waals surface area (Å²) in [6.07, 6.45) is 2.68. The predicted octanol–water partition coefficient (Wildman–Crippen LogP) is 4.65. The number of hydrogen-bond acceptors (Lipinski definition) is 5. The van der Waals surface area contributed by atoms with Crippen LogP contribution in [0.1, 0.15) is 58.4 Å². The number of benzene rings is 1. The molecule has 0 fully saturated rings. The molecular formula is C18H28O6. The number of unbranched alkanes of at least 4 members (excludes halogenated alkanes) is 2. The fraction of sp³-hybridized carbons (Fsp3) is 0.611. The van der Waals surface area contributed by atoms with E-state index >= 15 is 0 Å². The fourth-order valence-electron chi connectivity index (χ4n) is 2.36. The number of para-hydroxylation sites is 1. The van der Waals surface area contributed by atoms with Crippen molar-refractivity contribution in [1.82, 2.24) is 0 Å². The van der Waals surface area contributed by atoms with Crippen molar-refractivity contribution < 1.29 is 29.2 Å². The molecule has 0 atom stereocenters. The van der Waals surface area contributed by atoms with Crippen molar-refractivity contribution >= 4 is 6.16 Å². The number of carbonyl (C=O) groups is 1. The number of aromatic hydroxyl groups is 1. The zero-order valence-electron chi connectivity index (χ0n) is 14.7.